The highest BCUT2D eigenvalue weighted by Gasteiger charge is 2.42. The summed E-state index contributed by atoms with van der Waals surface area (Å²) in [5.74, 6) is -1.17. The van der Waals surface area contributed by atoms with Gasteiger partial charge < -0.3 is 14.7 Å². The standard InChI is InChI=1S/C23H22N2O6S2/c1-15-11-12-32-21(15)22(27)24-14-20(23(28)31-2)25(13-16-5-3-4-6-19(16)24)33(29,30)18-9-7-17(26)8-10-18/h3-12,20,26H,13-14H2,1-2H3. The van der Waals surface area contributed by atoms with E-state index in [0.29, 0.717) is 16.1 Å². The number of aryl methyl sites for hydroxylation is 1. The van der Waals surface area contributed by atoms with Gasteiger partial charge in [-0.3, -0.25) is 9.59 Å². The normalized spacial score (nSPS) is 16.7. The Bertz CT molecular complexity index is 1300. The number of amides is 1. The van der Waals surface area contributed by atoms with Crippen LogP contribution in [0.4, 0.5) is 5.69 Å². The third kappa shape index (κ3) is 4.24. The molecule has 0 bridgehead atoms. The van der Waals surface area contributed by atoms with Crippen LogP contribution < -0.4 is 4.90 Å². The Balaban J connectivity index is 1.85. The van der Waals surface area contributed by atoms with Crippen molar-refractivity contribution in [2.24, 2.45) is 0 Å². The van der Waals surface area contributed by atoms with Crippen LogP contribution in [-0.4, -0.2) is 49.4 Å². The molecule has 3 aromatic rings. The van der Waals surface area contributed by atoms with Gasteiger partial charge in [-0.05, 0) is 59.8 Å². The monoisotopic (exact) mass is 486 g/mol. The van der Waals surface area contributed by atoms with Crippen LogP contribution in [0.5, 0.6) is 5.75 Å². The summed E-state index contributed by atoms with van der Waals surface area (Å²) in [6.45, 7) is 1.48. The second-order valence-corrected chi connectivity index (χ2v) is 10.4. The number of thiophene rings is 1. The zero-order chi connectivity index (χ0) is 23.8. The largest absolute Gasteiger partial charge is 0.508 e. The molecule has 0 aliphatic carbocycles. The van der Waals surface area contributed by atoms with E-state index in [4.69, 9.17) is 4.74 Å². The number of phenolic OH excluding ortho intramolecular Hbond substituents is 1. The average Bonchev–Trinajstić information content (AvgIpc) is 3.15. The fraction of sp³-hybridized carbons (Fsp3) is 0.217. The third-order valence-corrected chi connectivity index (χ3v) is 8.40. The first-order valence-electron chi connectivity index (χ1n) is 10.1. The molecule has 1 aliphatic rings. The maximum atomic E-state index is 13.6. The van der Waals surface area contributed by atoms with Crippen molar-refractivity contribution in [2.45, 2.75) is 24.4 Å². The summed E-state index contributed by atoms with van der Waals surface area (Å²) in [6, 6.07) is 12.6. The number of fused-ring (bicyclic) bond motifs is 1. The first kappa shape index (κ1) is 23.0. The van der Waals surface area contributed by atoms with Gasteiger partial charge in [-0.15, -0.1) is 11.3 Å². The van der Waals surface area contributed by atoms with Crippen molar-refractivity contribution in [3.63, 3.8) is 0 Å². The molecule has 0 fully saturated rings. The maximum absolute atomic E-state index is 13.6. The van der Waals surface area contributed by atoms with Gasteiger partial charge in [0, 0.05) is 12.2 Å². The molecular weight excluding hydrogens is 464 g/mol. The van der Waals surface area contributed by atoms with Crippen LogP contribution in [0.3, 0.4) is 0 Å². The minimum absolute atomic E-state index is 0.0808. The van der Waals surface area contributed by atoms with E-state index in [-0.39, 0.29) is 29.6 Å². The van der Waals surface area contributed by atoms with Crippen molar-refractivity contribution in [3.05, 3.63) is 76.0 Å². The minimum Gasteiger partial charge on any atom is -0.508 e. The number of phenols is 1. The van der Waals surface area contributed by atoms with Crippen molar-refractivity contribution < 1.29 is 27.9 Å². The Hall–Kier alpha value is -3.21. The SMILES string of the molecule is COC(=O)C1CN(C(=O)c2sccc2C)c2ccccc2CN1S(=O)(=O)c1ccc(O)cc1. The minimum atomic E-state index is -4.17. The van der Waals surface area contributed by atoms with E-state index in [9.17, 15) is 23.1 Å². The van der Waals surface area contributed by atoms with E-state index >= 15 is 0 Å². The number of anilines is 1. The molecule has 2 heterocycles. The van der Waals surface area contributed by atoms with Gasteiger partial charge in [0.05, 0.1) is 23.4 Å². The number of hydrogen-bond acceptors (Lipinski definition) is 7. The molecule has 0 saturated heterocycles. The molecule has 8 nitrogen and oxygen atoms in total. The molecule has 2 aromatic carbocycles. The number of ether oxygens (including phenoxy) is 1. The Morgan fingerprint density at radius 1 is 1.09 bits per heavy atom. The van der Waals surface area contributed by atoms with Crippen molar-refractivity contribution in [3.8, 4) is 5.75 Å². The number of esters is 1. The molecule has 172 valence electrons. The number of nitrogens with zero attached hydrogens (tertiary/aromatic N) is 2. The fourth-order valence-electron chi connectivity index (χ4n) is 3.79. The molecular formula is C23H22N2O6S2. The average molecular weight is 487 g/mol. The first-order chi connectivity index (χ1) is 15.7. The van der Waals surface area contributed by atoms with Gasteiger partial charge in [0.2, 0.25) is 10.0 Å². The van der Waals surface area contributed by atoms with Crippen molar-refractivity contribution in [1.29, 1.82) is 0 Å². The molecule has 10 heteroatoms. The van der Waals surface area contributed by atoms with Crippen LogP contribution in [-0.2, 0) is 26.1 Å². The second-order valence-electron chi connectivity index (χ2n) is 7.56. The molecule has 1 amide bonds. The van der Waals surface area contributed by atoms with Crippen LogP contribution in [0.1, 0.15) is 20.8 Å². The summed E-state index contributed by atoms with van der Waals surface area (Å²) in [7, 11) is -2.99. The van der Waals surface area contributed by atoms with E-state index in [1.54, 1.807) is 24.3 Å². The number of hydrogen-bond donors (Lipinski definition) is 1. The van der Waals surface area contributed by atoms with Crippen molar-refractivity contribution >= 4 is 38.9 Å². The third-order valence-electron chi connectivity index (χ3n) is 5.53. The molecule has 1 aromatic heterocycles. The number of methoxy groups -OCH3 is 1. The number of carbonyl (C=O) groups is 2. The molecule has 1 atom stereocenters. The fourth-order valence-corrected chi connectivity index (χ4v) is 6.21. The van der Waals surface area contributed by atoms with Gasteiger partial charge in [0.25, 0.3) is 5.91 Å². The summed E-state index contributed by atoms with van der Waals surface area (Å²) in [5, 5.41) is 11.4. The Kier molecular flexibility index (Phi) is 6.24. The van der Waals surface area contributed by atoms with Crippen LogP contribution in [0.15, 0.2) is 64.9 Å². The molecule has 1 N–H and O–H groups in total. The molecule has 33 heavy (non-hydrogen) atoms. The lowest BCUT2D eigenvalue weighted by atomic mass is 10.1. The molecule has 0 spiro atoms. The summed E-state index contributed by atoms with van der Waals surface area (Å²) < 4.78 is 33.2. The Morgan fingerprint density at radius 3 is 2.42 bits per heavy atom. The zero-order valence-electron chi connectivity index (χ0n) is 18.0. The highest BCUT2D eigenvalue weighted by molar-refractivity contribution is 7.89. The number of aromatic hydroxyl groups is 1. The quantitative estimate of drug-likeness (QED) is 0.568. The summed E-state index contributed by atoms with van der Waals surface area (Å²) in [4.78, 5) is 28.2. The zero-order valence-corrected chi connectivity index (χ0v) is 19.6. The summed E-state index contributed by atoms with van der Waals surface area (Å²) >= 11 is 1.29. The lowest BCUT2D eigenvalue weighted by molar-refractivity contribution is -0.144. The van der Waals surface area contributed by atoms with Crippen LogP contribution in [0.2, 0.25) is 0 Å². The van der Waals surface area contributed by atoms with Crippen LogP contribution in [0, 0.1) is 6.92 Å². The summed E-state index contributed by atoms with van der Waals surface area (Å²) in [5.41, 5.74) is 1.91. The molecule has 0 radical (unpaired) electrons. The second kappa shape index (κ2) is 8.97. The molecule has 1 aliphatic heterocycles. The lowest BCUT2D eigenvalue weighted by Gasteiger charge is -2.29. The number of para-hydroxylation sites is 1. The van der Waals surface area contributed by atoms with Crippen molar-refractivity contribution in [2.75, 3.05) is 18.6 Å². The topological polar surface area (TPSA) is 104 Å². The molecule has 0 saturated carbocycles. The van der Waals surface area contributed by atoms with Gasteiger partial charge in [0.1, 0.15) is 11.8 Å². The smallest absolute Gasteiger partial charge is 0.326 e. The van der Waals surface area contributed by atoms with Gasteiger partial charge in [-0.25, -0.2) is 8.42 Å². The lowest BCUT2D eigenvalue weighted by Crippen LogP contribution is -2.50. The Labute approximate surface area is 195 Å². The highest BCUT2D eigenvalue weighted by Crippen LogP contribution is 2.33. The van der Waals surface area contributed by atoms with E-state index in [2.05, 4.69) is 0 Å². The van der Waals surface area contributed by atoms with E-state index in [0.717, 1.165) is 9.87 Å². The van der Waals surface area contributed by atoms with Crippen LogP contribution >= 0.6 is 11.3 Å². The summed E-state index contributed by atoms with van der Waals surface area (Å²) in [6.07, 6.45) is 0. The van der Waals surface area contributed by atoms with E-state index in [1.807, 2.05) is 18.4 Å². The predicted molar refractivity (Wildman–Crippen MR) is 124 cm³/mol. The number of benzene rings is 2. The number of carbonyl (C=O) groups excluding carboxylic acids is 2. The maximum Gasteiger partial charge on any atom is 0.326 e. The first-order valence-corrected chi connectivity index (χ1v) is 12.4. The Morgan fingerprint density at radius 2 is 1.79 bits per heavy atom. The van der Waals surface area contributed by atoms with E-state index in [1.165, 1.54) is 47.6 Å². The van der Waals surface area contributed by atoms with E-state index < -0.39 is 22.0 Å². The van der Waals surface area contributed by atoms with Gasteiger partial charge in [0.15, 0.2) is 0 Å². The van der Waals surface area contributed by atoms with Crippen LogP contribution in [0.25, 0.3) is 0 Å². The van der Waals surface area contributed by atoms with Gasteiger partial charge in [-0.1, -0.05) is 18.2 Å². The van der Waals surface area contributed by atoms with Crippen molar-refractivity contribution in [1.82, 2.24) is 4.31 Å². The number of sulfonamides is 1. The van der Waals surface area contributed by atoms with Gasteiger partial charge in [-0.2, -0.15) is 4.31 Å². The highest BCUT2D eigenvalue weighted by atomic mass is 32.2. The predicted octanol–water partition coefficient (Wildman–Crippen LogP) is 3.16. The molecule has 1 unspecified atom stereocenters. The van der Waals surface area contributed by atoms with Gasteiger partial charge >= 0.3 is 5.97 Å². The number of rotatable bonds is 4. The molecule has 4 rings (SSSR count).